The number of benzene rings is 9. The first kappa shape index (κ1) is 32.7. The maximum atomic E-state index is 4.02. The van der Waals surface area contributed by atoms with Gasteiger partial charge in [0.05, 0.1) is 44.1 Å². The van der Waals surface area contributed by atoms with Crippen molar-refractivity contribution < 1.29 is 0 Å². The average molecular weight is 818 g/mol. The van der Waals surface area contributed by atoms with Crippen molar-refractivity contribution in [3.63, 3.8) is 0 Å². The zero-order valence-corrected chi connectivity index (χ0v) is 33.3. The van der Waals surface area contributed by atoms with Crippen molar-refractivity contribution in [2.24, 2.45) is 0 Å². The predicted octanol–water partition coefficient (Wildman–Crippen LogP) is 14.8. The third kappa shape index (κ3) is 4.53. The first-order valence-electron chi connectivity index (χ1n) is 20.1. The van der Waals surface area contributed by atoms with Gasteiger partial charge in [0.1, 0.15) is 0 Å². The van der Waals surface area contributed by atoms with Crippen LogP contribution < -0.4 is 0 Å². The highest BCUT2D eigenvalue weighted by Crippen LogP contribution is 2.45. The SMILES string of the molecule is Brc1cc(-n2c3ccccc3c3c2ccc2c4ccccc4n(-c4ccccc4)c23)cc(-n2c3ccccc3c3c2ccc2c4ccccc4n(-c4ccccc4)c23)c1. The van der Waals surface area contributed by atoms with Crippen molar-refractivity contribution in [2.75, 3.05) is 0 Å². The number of nitrogens with zero attached hydrogens (tertiary/aromatic N) is 4. The van der Waals surface area contributed by atoms with E-state index >= 15 is 0 Å². The van der Waals surface area contributed by atoms with Crippen LogP contribution in [-0.2, 0) is 0 Å². The second-order valence-corrected chi connectivity index (χ2v) is 16.4. The van der Waals surface area contributed by atoms with E-state index in [9.17, 15) is 0 Å². The normalized spacial score (nSPS) is 12.2. The van der Waals surface area contributed by atoms with E-state index < -0.39 is 0 Å². The Balaban J connectivity index is 1.12. The third-order valence-corrected chi connectivity index (χ3v) is 12.8. The van der Waals surface area contributed by atoms with Crippen molar-refractivity contribution in [1.29, 1.82) is 0 Å². The maximum Gasteiger partial charge on any atom is 0.0641 e. The first-order valence-corrected chi connectivity index (χ1v) is 20.8. The highest BCUT2D eigenvalue weighted by atomic mass is 79.9. The fourth-order valence-electron chi connectivity index (χ4n) is 10.1. The van der Waals surface area contributed by atoms with Gasteiger partial charge in [0.15, 0.2) is 0 Å². The number of fused-ring (bicyclic) bond motifs is 14. The molecule has 0 atom stereocenters. The number of para-hydroxylation sites is 6. The summed E-state index contributed by atoms with van der Waals surface area (Å²) in [4.78, 5) is 0. The van der Waals surface area contributed by atoms with Gasteiger partial charge in [-0.25, -0.2) is 0 Å². The Hall–Kier alpha value is -7.34. The van der Waals surface area contributed by atoms with Crippen LogP contribution in [-0.4, -0.2) is 18.3 Å². The first-order chi connectivity index (χ1) is 29.2. The van der Waals surface area contributed by atoms with Crippen LogP contribution in [0.25, 0.3) is 110 Å². The molecule has 0 fully saturated rings. The summed E-state index contributed by atoms with van der Waals surface area (Å²) in [5, 5.41) is 9.94. The van der Waals surface area contributed by atoms with Crippen molar-refractivity contribution in [2.45, 2.75) is 0 Å². The molecule has 0 spiro atoms. The molecule has 13 rings (SSSR count). The standard InChI is InChI=1S/C54H33BrN4/c55-34-31-37(56-47-25-13-9-21-43(47)51-49(56)29-27-41-39-19-7-11-23-45(39)58(53(41)51)35-15-3-1-4-16-35)33-38(32-34)57-48-26-14-10-22-44(48)52-50(57)30-28-42-40-20-8-12-24-46(40)59(54(42)52)36-17-5-2-6-18-36/h1-33H. The quantitative estimate of drug-likeness (QED) is 0.169. The van der Waals surface area contributed by atoms with Gasteiger partial charge in [-0.05, 0) is 78.9 Å². The summed E-state index contributed by atoms with van der Waals surface area (Å²) in [6.45, 7) is 0. The Kier molecular flexibility index (Phi) is 6.84. The van der Waals surface area contributed by atoms with Crippen LogP contribution >= 0.6 is 15.9 Å². The van der Waals surface area contributed by atoms with Crippen molar-refractivity contribution in [3.8, 4) is 22.7 Å². The summed E-state index contributed by atoms with van der Waals surface area (Å²) < 4.78 is 10.8. The molecular formula is C54H33BrN4. The number of halogens is 1. The second-order valence-electron chi connectivity index (χ2n) is 15.5. The Bertz CT molecular complexity index is 3600. The molecule has 59 heavy (non-hydrogen) atoms. The van der Waals surface area contributed by atoms with Crippen LogP contribution in [0.1, 0.15) is 0 Å². The molecule has 9 aromatic carbocycles. The molecule has 0 aliphatic carbocycles. The number of aromatic nitrogens is 4. The maximum absolute atomic E-state index is 4.02. The lowest BCUT2D eigenvalue weighted by atomic mass is 10.1. The van der Waals surface area contributed by atoms with Gasteiger partial charge in [0, 0.05) is 70.3 Å². The van der Waals surface area contributed by atoms with E-state index in [4.69, 9.17) is 0 Å². The topological polar surface area (TPSA) is 19.7 Å². The third-order valence-electron chi connectivity index (χ3n) is 12.4. The summed E-state index contributed by atoms with van der Waals surface area (Å²) in [6.07, 6.45) is 0. The second kappa shape index (κ2) is 12.3. The molecule has 4 heterocycles. The van der Waals surface area contributed by atoms with E-state index in [2.05, 4.69) is 234 Å². The van der Waals surface area contributed by atoms with Gasteiger partial charge in [-0.2, -0.15) is 0 Å². The van der Waals surface area contributed by atoms with Crippen molar-refractivity contribution >= 4 is 103 Å². The zero-order valence-electron chi connectivity index (χ0n) is 31.7. The molecule has 4 aromatic heterocycles. The Morgan fingerprint density at radius 2 is 0.610 bits per heavy atom. The molecule has 13 aromatic rings. The van der Waals surface area contributed by atoms with Gasteiger partial charge in [0.2, 0.25) is 0 Å². The highest BCUT2D eigenvalue weighted by Gasteiger charge is 2.23. The minimum Gasteiger partial charge on any atom is -0.309 e. The molecule has 276 valence electrons. The summed E-state index contributed by atoms with van der Waals surface area (Å²) in [5.74, 6) is 0. The van der Waals surface area contributed by atoms with Crippen LogP contribution in [0, 0.1) is 0 Å². The van der Waals surface area contributed by atoms with Gasteiger partial charge in [-0.1, -0.05) is 137 Å². The van der Waals surface area contributed by atoms with E-state index in [-0.39, 0.29) is 0 Å². The molecule has 4 nitrogen and oxygen atoms in total. The molecule has 0 saturated heterocycles. The van der Waals surface area contributed by atoms with E-state index in [1.807, 2.05) is 0 Å². The lowest BCUT2D eigenvalue weighted by Crippen LogP contribution is -1.99. The zero-order chi connectivity index (χ0) is 38.8. The molecule has 0 bridgehead atoms. The van der Waals surface area contributed by atoms with E-state index in [1.54, 1.807) is 0 Å². The minimum absolute atomic E-state index is 1.01. The lowest BCUT2D eigenvalue weighted by Gasteiger charge is -2.14. The molecule has 0 saturated carbocycles. The van der Waals surface area contributed by atoms with Crippen molar-refractivity contribution in [1.82, 2.24) is 18.3 Å². The van der Waals surface area contributed by atoms with Gasteiger partial charge in [-0.15, -0.1) is 0 Å². The fraction of sp³-hybridized carbons (Fsp3) is 0. The largest absolute Gasteiger partial charge is 0.309 e. The minimum atomic E-state index is 1.01. The molecule has 0 aliphatic heterocycles. The molecular weight excluding hydrogens is 785 g/mol. The molecule has 0 unspecified atom stereocenters. The average Bonchev–Trinajstić information content (AvgIpc) is 4.01. The fourth-order valence-corrected chi connectivity index (χ4v) is 10.6. The molecule has 0 aliphatic rings. The van der Waals surface area contributed by atoms with Crippen LogP contribution in [0.3, 0.4) is 0 Å². The van der Waals surface area contributed by atoms with Crippen LogP contribution in [0.2, 0.25) is 0 Å². The van der Waals surface area contributed by atoms with Gasteiger partial charge >= 0.3 is 0 Å². The van der Waals surface area contributed by atoms with E-state index in [0.717, 1.165) is 27.2 Å². The van der Waals surface area contributed by atoms with Crippen LogP contribution in [0.5, 0.6) is 0 Å². The Morgan fingerprint density at radius 3 is 1.03 bits per heavy atom. The van der Waals surface area contributed by atoms with E-state index in [1.165, 1.54) is 87.2 Å². The van der Waals surface area contributed by atoms with Gasteiger partial charge in [0.25, 0.3) is 0 Å². The van der Waals surface area contributed by atoms with E-state index in [0.29, 0.717) is 0 Å². The van der Waals surface area contributed by atoms with Gasteiger partial charge < -0.3 is 18.3 Å². The number of rotatable bonds is 4. The van der Waals surface area contributed by atoms with Crippen molar-refractivity contribution in [3.05, 3.63) is 205 Å². The highest BCUT2D eigenvalue weighted by molar-refractivity contribution is 9.10. The monoisotopic (exact) mass is 816 g/mol. The number of hydrogen-bond acceptors (Lipinski definition) is 0. The lowest BCUT2D eigenvalue weighted by molar-refractivity contribution is 1.13. The summed E-state index contributed by atoms with van der Waals surface area (Å²) >= 11 is 4.02. The summed E-state index contributed by atoms with van der Waals surface area (Å²) in [5.41, 5.74) is 14.0. The smallest absolute Gasteiger partial charge is 0.0641 e. The molecule has 0 amide bonds. The Morgan fingerprint density at radius 1 is 0.254 bits per heavy atom. The van der Waals surface area contributed by atoms with Gasteiger partial charge in [-0.3, -0.25) is 0 Å². The van der Waals surface area contributed by atoms with Crippen LogP contribution in [0.15, 0.2) is 205 Å². The van der Waals surface area contributed by atoms with Crippen LogP contribution in [0.4, 0.5) is 0 Å². The summed E-state index contributed by atoms with van der Waals surface area (Å²) in [7, 11) is 0. The molecule has 0 radical (unpaired) electrons. The Labute approximate surface area is 347 Å². The molecule has 0 N–H and O–H groups in total. The predicted molar refractivity (Wildman–Crippen MR) is 251 cm³/mol. The molecule has 5 heteroatoms. The number of hydrogen-bond donors (Lipinski definition) is 0. The summed E-state index contributed by atoms with van der Waals surface area (Å²) in [6, 6.07) is 73.0.